The van der Waals surface area contributed by atoms with Crippen LogP contribution in [0.1, 0.15) is 79.4 Å². The first-order valence-corrected chi connectivity index (χ1v) is 16.3. The van der Waals surface area contributed by atoms with E-state index >= 15 is 0 Å². The predicted octanol–water partition coefficient (Wildman–Crippen LogP) is 3.74. The fourth-order valence-corrected chi connectivity index (χ4v) is 10.4. The molecule has 200 valence electrons. The van der Waals surface area contributed by atoms with Crippen molar-refractivity contribution in [1.82, 2.24) is 23.9 Å². The van der Waals surface area contributed by atoms with E-state index < -0.39 is 25.1 Å². The maximum absolute atomic E-state index is 13.5. The van der Waals surface area contributed by atoms with Gasteiger partial charge in [-0.25, -0.2) is 16.8 Å². The molecule has 9 nitrogen and oxygen atoms in total. The Morgan fingerprint density at radius 1 is 0.947 bits per heavy atom. The lowest BCUT2D eigenvalue weighted by molar-refractivity contribution is 0.0293. The van der Waals surface area contributed by atoms with Crippen LogP contribution < -0.4 is 0 Å². The Balaban J connectivity index is 1.24. The van der Waals surface area contributed by atoms with E-state index in [-0.39, 0.29) is 21.1 Å². The van der Waals surface area contributed by atoms with Gasteiger partial charge in [0.25, 0.3) is 0 Å². The van der Waals surface area contributed by atoms with Gasteiger partial charge in [0.2, 0.25) is 10.0 Å². The summed E-state index contributed by atoms with van der Waals surface area (Å²) in [6.45, 7) is 1.93. The second kappa shape index (κ2) is 7.95. The molecule has 1 unspecified atom stereocenters. The van der Waals surface area contributed by atoms with Crippen molar-refractivity contribution in [3.8, 4) is 0 Å². The number of aromatic nitrogens is 4. The Labute approximate surface area is 223 Å². The smallest absolute Gasteiger partial charge is 0.217 e. The Hall–Kier alpha value is -2.63. The third kappa shape index (κ3) is 3.34. The van der Waals surface area contributed by atoms with Gasteiger partial charge in [0.05, 0.1) is 27.7 Å². The molecule has 4 fully saturated rings. The molecule has 5 aliphatic rings. The number of rotatable bonds is 6. The Bertz CT molecular complexity index is 1680. The molecule has 0 spiro atoms. The van der Waals surface area contributed by atoms with Crippen molar-refractivity contribution >= 4 is 31.6 Å². The molecule has 0 amide bonds. The molecule has 11 heteroatoms. The molecule has 1 atom stereocenters. The maximum Gasteiger partial charge on any atom is 0.217 e. The molecule has 1 aromatic carbocycles. The lowest BCUT2D eigenvalue weighted by atomic mass is 9.57. The van der Waals surface area contributed by atoms with Gasteiger partial charge in [-0.3, -0.25) is 9.38 Å². The minimum atomic E-state index is -3.67. The molecule has 2 aromatic heterocycles. The van der Waals surface area contributed by atoms with Crippen molar-refractivity contribution < 1.29 is 16.8 Å². The average molecular weight is 554 g/mol. The van der Waals surface area contributed by atoms with Crippen LogP contribution >= 0.6 is 0 Å². The minimum absolute atomic E-state index is 0.207. The lowest BCUT2D eigenvalue weighted by Crippen LogP contribution is -2.59. The van der Waals surface area contributed by atoms with Gasteiger partial charge >= 0.3 is 0 Å². The van der Waals surface area contributed by atoms with Crippen LogP contribution in [0.3, 0.4) is 0 Å². The number of sulfonamides is 1. The van der Waals surface area contributed by atoms with Gasteiger partial charge in [-0.15, -0.1) is 10.2 Å². The van der Waals surface area contributed by atoms with Gasteiger partial charge in [0.1, 0.15) is 11.1 Å². The summed E-state index contributed by atoms with van der Waals surface area (Å²) in [5, 5.41) is 7.97. The van der Waals surface area contributed by atoms with Crippen LogP contribution in [0.15, 0.2) is 41.4 Å². The number of hydrogen-bond donors (Lipinski definition) is 0. The standard InChI is InChI=1S/C27H31N5O4S2/c1-18-3-5-19(6-4-18)37(33,34)22-10-9-21-24(22)28-17-23-29-30-25(32(21)23)26-11-14-27(15-12-26,16-13-26)31(2)38(35,36)20-7-8-20/h3-6,9-10,17,20,22H,7-8,11-16H2,1-2H3. The molecule has 38 heavy (non-hydrogen) atoms. The zero-order chi connectivity index (χ0) is 26.5. The molecule has 2 heterocycles. The van der Waals surface area contributed by atoms with Crippen molar-refractivity contribution in [3.63, 3.8) is 0 Å². The first-order chi connectivity index (χ1) is 18.1. The van der Waals surface area contributed by atoms with Crippen LogP contribution in [0.4, 0.5) is 0 Å². The number of nitrogens with zero attached hydrogens (tertiary/aromatic N) is 5. The van der Waals surface area contributed by atoms with Crippen molar-refractivity contribution in [2.45, 2.75) is 84.6 Å². The third-order valence-electron chi connectivity index (χ3n) is 9.57. The Kier molecular flexibility index (Phi) is 5.11. The number of hydrogen-bond acceptors (Lipinski definition) is 7. The summed E-state index contributed by atoms with van der Waals surface area (Å²) in [6, 6.07) is 6.91. The highest BCUT2D eigenvalue weighted by atomic mass is 32.2. The van der Waals surface area contributed by atoms with E-state index in [1.54, 1.807) is 47.9 Å². The van der Waals surface area contributed by atoms with Crippen LogP contribution in [-0.4, -0.2) is 58.6 Å². The number of fused-ring (bicyclic) bond motifs is 6. The van der Waals surface area contributed by atoms with Crippen LogP contribution in [0.25, 0.3) is 11.7 Å². The molecule has 0 aliphatic heterocycles. The van der Waals surface area contributed by atoms with Crippen LogP contribution in [0.5, 0.6) is 0 Å². The van der Waals surface area contributed by atoms with E-state index in [1.165, 1.54) is 0 Å². The molecular weight excluding hydrogens is 522 g/mol. The first-order valence-electron chi connectivity index (χ1n) is 13.3. The summed E-state index contributed by atoms with van der Waals surface area (Å²) in [5.74, 6) is 0.838. The fourth-order valence-electron chi connectivity index (χ4n) is 6.88. The molecule has 3 aromatic rings. The van der Waals surface area contributed by atoms with Gasteiger partial charge in [0.15, 0.2) is 15.5 Å². The average Bonchev–Trinajstić information content (AvgIpc) is 3.55. The summed E-state index contributed by atoms with van der Waals surface area (Å²) >= 11 is 0. The highest BCUT2D eigenvalue weighted by molar-refractivity contribution is 7.92. The van der Waals surface area contributed by atoms with Crippen LogP contribution in [-0.2, 0) is 25.3 Å². The second-order valence-electron chi connectivity index (χ2n) is 11.6. The summed E-state index contributed by atoms with van der Waals surface area (Å²) in [4.78, 5) is 4.81. The summed E-state index contributed by atoms with van der Waals surface area (Å²) < 4.78 is 56.9. The number of aryl methyl sites for hydroxylation is 1. The highest BCUT2D eigenvalue weighted by Crippen LogP contribution is 2.56. The fraction of sp³-hybridized carbons (Fsp3) is 0.519. The van der Waals surface area contributed by atoms with Crippen molar-refractivity contribution in [2.24, 2.45) is 0 Å². The SMILES string of the molecule is Cc1ccc(S(=O)(=O)C2C=Cc3c2ncc2nnc(C45CCC(N(C)S(=O)(=O)C6CC6)(CC4)CC5)n32)cc1. The predicted molar refractivity (Wildman–Crippen MR) is 143 cm³/mol. The monoisotopic (exact) mass is 553 g/mol. The Morgan fingerprint density at radius 3 is 2.24 bits per heavy atom. The molecule has 8 rings (SSSR count). The highest BCUT2D eigenvalue weighted by Gasteiger charge is 2.57. The molecule has 2 bridgehead atoms. The first kappa shape index (κ1) is 24.4. The number of benzene rings is 1. The third-order valence-corrected chi connectivity index (χ3v) is 14.0. The van der Waals surface area contributed by atoms with Gasteiger partial charge < -0.3 is 0 Å². The molecule has 5 aliphatic carbocycles. The largest absolute Gasteiger partial charge is 0.276 e. The zero-order valence-corrected chi connectivity index (χ0v) is 23.2. The molecule has 0 N–H and O–H groups in total. The van der Waals surface area contributed by atoms with Gasteiger partial charge in [-0.1, -0.05) is 23.8 Å². The van der Waals surface area contributed by atoms with E-state index in [9.17, 15) is 16.8 Å². The summed E-state index contributed by atoms with van der Waals surface area (Å²) in [6.07, 6.45) is 11.5. The van der Waals surface area contributed by atoms with Crippen molar-refractivity contribution in [1.29, 1.82) is 0 Å². The van der Waals surface area contributed by atoms with Gasteiger partial charge in [0, 0.05) is 18.0 Å². The van der Waals surface area contributed by atoms with Gasteiger partial charge in [-0.2, -0.15) is 4.31 Å². The van der Waals surface area contributed by atoms with Crippen LogP contribution in [0.2, 0.25) is 0 Å². The molecule has 0 saturated heterocycles. The van der Waals surface area contributed by atoms with Crippen LogP contribution in [0, 0.1) is 6.92 Å². The van der Waals surface area contributed by atoms with E-state index in [1.807, 2.05) is 17.4 Å². The maximum atomic E-state index is 13.5. The zero-order valence-electron chi connectivity index (χ0n) is 21.5. The number of sulfone groups is 1. The second-order valence-corrected chi connectivity index (χ2v) is 15.9. The van der Waals surface area contributed by atoms with Gasteiger partial charge in [-0.05, 0) is 76.5 Å². The van der Waals surface area contributed by atoms with E-state index in [0.717, 1.165) is 62.8 Å². The lowest BCUT2D eigenvalue weighted by Gasteiger charge is -2.55. The molecule has 4 saturated carbocycles. The molecular formula is C27H31N5O4S2. The topological polar surface area (TPSA) is 115 Å². The van der Waals surface area contributed by atoms with E-state index in [2.05, 4.69) is 15.2 Å². The summed E-state index contributed by atoms with van der Waals surface area (Å²) in [5.41, 5.74) is 2.27. The van der Waals surface area contributed by atoms with E-state index in [4.69, 9.17) is 0 Å². The quantitative estimate of drug-likeness (QED) is 0.457. The minimum Gasteiger partial charge on any atom is -0.276 e. The Morgan fingerprint density at radius 2 is 1.61 bits per heavy atom. The normalized spacial score (nSPS) is 28.9. The van der Waals surface area contributed by atoms with Crippen molar-refractivity contribution in [2.75, 3.05) is 7.05 Å². The molecule has 0 radical (unpaired) electrons. The van der Waals surface area contributed by atoms with E-state index in [0.29, 0.717) is 17.0 Å². The summed E-state index contributed by atoms with van der Waals surface area (Å²) in [7, 11) is -5.14. The van der Waals surface area contributed by atoms with Crippen molar-refractivity contribution in [3.05, 3.63) is 59.3 Å².